The Morgan fingerprint density at radius 2 is 2.50 bits per heavy atom. The van der Waals surface area contributed by atoms with Gasteiger partial charge in [0.25, 0.3) is 5.91 Å². The van der Waals surface area contributed by atoms with Gasteiger partial charge in [-0.15, -0.1) is 0 Å². The Kier molecular flexibility index (Phi) is 3.16. The fourth-order valence-electron chi connectivity index (χ4n) is 1.92. The first-order chi connectivity index (χ1) is 8.83. The number of nitrogens with zero attached hydrogens (tertiary/aromatic N) is 3. The topological polar surface area (TPSA) is 77.0 Å². The number of hydrogen-bond donors (Lipinski definition) is 1. The van der Waals surface area contributed by atoms with Gasteiger partial charge in [0.1, 0.15) is 5.52 Å². The lowest BCUT2D eigenvalue weighted by Gasteiger charge is -2.10. The van der Waals surface area contributed by atoms with Gasteiger partial charge in [-0.1, -0.05) is 0 Å². The van der Waals surface area contributed by atoms with Gasteiger partial charge in [0, 0.05) is 19.3 Å². The van der Waals surface area contributed by atoms with Crippen molar-refractivity contribution in [3.05, 3.63) is 17.8 Å². The van der Waals surface area contributed by atoms with Crippen molar-refractivity contribution in [3.8, 4) is 0 Å². The van der Waals surface area contributed by atoms with E-state index in [0.29, 0.717) is 23.3 Å². The number of aromatic nitrogens is 3. The molecule has 18 heavy (non-hydrogen) atoms. The molecule has 1 unspecified atom stereocenters. The van der Waals surface area contributed by atoms with Gasteiger partial charge in [-0.3, -0.25) is 4.79 Å². The number of carbonyl (C=O) groups is 1. The van der Waals surface area contributed by atoms with Crippen LogP contribution in [-0.2, 0) is 4.74 Å². The van der Waals surface area contributed by atoms with Crippen molar-refractivity contribution < 1.29 is 9.53 Å². The number of rotatable bonds is 3. The van der Waals surface area contributed by atoms with E-state index in [2.05, 4.69) is 19.0 Å². The first kappa shape index (κ1) is 11.5. The Labute approximate surface area is 108 Å². The molecule has 1 atom stereocenters. The number of carbonyl (C=O) groups excluding carboxylic acids is 1. The van der Waals surface area contributed by atoms with Crippen molar-refractivity contribution in [1.29, 1.82) is 0 Å². The van der Waals surface area contributed by atoms with E-state index in [9.17, 15) is 4.79 Å². The zero-order valence-corrected chi connectivity index (χ0v) is 10.4. The third kappa shape index (κ3) is 2.32. The van der Waals surface area contributed by atoms with Crippen LogP contribution in [0.1, 0.15) is 23.2 Å². The molecule has 0 saturated carbocycles. The highest BCUT2D eigenvalue weighted by molar-refractivity contribution is 7.00. The van der Waals surface area contributed by atoms with E-state index in [-0.39, 0.29) is 12.0 Å². The van der Waals surface area contributed by atoms with E-state index in [1.165, 1.54) is 6.20 Å². The molecule has 3 rings (SSSR count). The summed E-state index contributed by atoms with van der Waals surface area (Å²) in [6.07, 6.45) is 3.74. The largest absolute Gasteiger partial charge is 0.376 e. The van der Waals surface area contributed by atoms with E-state index in [1.54, 1.807) is 6.07 Å². The van der Waals surface area contributed by atoms with Gasteiger partial charge in [0.2, 0.25) is 0 Å². The second-order valence-corrected chi connectivity index (χ2v) is 4.70. The summed E-state index contributed by atoms with van der Waals surface area (Å²) in [4.78, 5) is 16.0. The highest BCUT2D eigenvalue weighted by Gasteiger charge is 2.17. The number of ether oxygens (including phenoxy) is 1. The fourth-order valence-corrected chi connectivity index (χ4v) is 2.41. The summed E-state index contributed by atoms with van der Waals surface area (Å²) in [5.74, 6) is -0.145. The molecule has 2 aromatic rings. The Balaban J connectivity index is 1.67. The number of nitrogens with one attached hydrogen (secondary N) is 1. The van der Waals surface area contributed by atoms with Gasteiger partial charge in [0.05, 0.1) is 23.4 Å². The molecule has 2 aromatic heterocycles. The fraction of sp³-hybridized carbons (Fsp3) is 0.455. The summed E-state index contributed by atoms with van der Waals surface area (Å²) in [7, 11) is 0. The second kappa shape index (κ2) is 4.95. The van der Waals surface area contributed by atoms with E-state index < -0.39 is 0 Å². The Bertz CT molecular complexity index is 565. The van der Waals surface area contributed by atoms with Gasteiger partial charge in [0.15, 0.2) is 5.65 Å². The number of fused-ring (bicyclic) bond motifs is 1. The van der Waals surface area contributed by atoms with Crippen LogP contribution in [0, 0.1) is 0 Å². The molecule has 0 aromatic carbocycles. The summed E-state index contributed by atoms with van der Waals surface area (Å²) >= 11 is 1.09. The zero-order chi connectivity index (χ0) is 12.4. The van der Waals surface area contributed by atoms with Crippen LogP contribution < -0.4 is 5.32 Å². The molecular formula is C11H12N4O2S. The Morgan fingerprint density at radius 1 is 1.56 bits per heavy atom. The third-order valence-electron chi connectivity index (χ3n) is 2.89. The van der Waals surface area contributed by atoms with Gasteiger partial charge >= 0.3 is 0 Å². The molecule has 0 radical (unpaired) electrons. The summed E-state index contributed by atoms with van der Waals surface area (Å²) in [5, 5.41) is 2.85. The van der Waals surface area contributed by atoms with Crippen LogP contribution >= 0.6 is 11.7 Å². The maximum absolute atomic E-state index is 11.9. The van der Waals surface area contributed by atoms with Gasteiger partial charge in [-0.2, -0.15) is 8.75 Å². The Hall–Kier alpha value is -1.60. The van der Waals surface area contributed by atoms with Crippen LogP contribution in [0.3, 0.4) is 0 Å². The molecule has 3 heterocycles. The minimum atomic E-state index is -0.145. The van der Waals surface area contributed by atoms with Crippen LogP contribution in [0.2, 0.25) is 0 Å². The highest BCUT2D eigenvalue weighted by atomic mass is 32.1. The SMILES string of the molecule is O=C(NCC1CCCO1)c1cnc2nsnc2c1. The summed E-state index contributed by atoms with van der Waals surface area (Å²) in [6, 6.07) is 1.71. The van der Waals surface area contributed by atoms with Crippen LogP contribution in [0.4, 0.5) is 0 Å². The average Bonchev–Trinajstić information content (AvgIpc) is 3.05. The van der Waals surface area contributed by atoms with Crippen LogP contribution in [0.5, 0.6) is 0 Å². The van der Waals surface area contributed by atoms with Crippen molar-refractivity contribution in [2.45, 2.75) is 18.9 Å². The predicted molar refractivity (Wildman–Crippen MR) is 66.5 cm³/mol. The molecule has 0 bridgehead atoms. The monoisotopic (exact) mass is 264 g/mol. The number of amides is 1. The second-order valence-electron chi connectivity index (χ2n) is 4.18. The van der Waals surface area contributed by atoms with Crippen molar-refractivity contribution in [1.82, 2.24) is 19.0 Å². The minimum absolute atomic E-state index is 0.145. The molecule has 1 aliphatic heterocycles. The zero-order valence-electron chi connectivity index (χ0n) is 9.63. The summed E-state index contributed by atoms with van der Waals surface area (Å²) < 4.78 is 13.5. The van der Waals surface area contributed by atoms with Crippen molar-refractivity contribution in [3.63, 3.8) is 0 Å². The first-order valence-corrected chi connectivity index (χ1v) is 6.54. The average molecular weight is 264 g/mol. The molecular weight excluding hydrogens is 252 g/mol. The molecule has 7 heteroatoms. The summed E-state index contributed by atoms with van der Waals surface area (Å²) in [6.45, 7) is 1.34. The molecule has 0 aliphatic carbocycles. The van der Waals surface area contributed by atoms with E-state index in [0.717, 1.165) is 31.2 Å². The lowest BCUT2D eigenvalue weighted by atomic mass is 10.2. The molecule has 6 nitrogen and oxygen atoms in total. The molecule has 94 valence electrons. The first-order valence-electron chi connectivity index (χ1n) is 5.81. The standard InChI is InChI=1S/C11H12N4O2S/c16-11(13-6-8-2-1-3-17-8)7-4-9-10(12-5-7)15-18-14-9/h4-5,8H,1-3,6H2,(H,13,16). The van der Waals surface area contributed by atoms with Gasteiger partial charge in [-0.05, 0) is 18.9 Å². The van der Waals surface area contributed by atoms with Crippen molar-refractivity contribution >= 4 is 28.8 Å². The van der Waals surface area contributed by atoms with Crippen molar-refractivity contribution in [2.24, 2.45) is 0 Å². The van der Waals surface area contributed by atoms with Gasteiger partial charge in [-0.25, -0.2) is 4.98 Å². The predicted octanol–water partition coefficient (Wildman–Crippen LogP) is 0.995. The molecule has 1 N–H and O–H groups in total. The van der Waals surface area contributed by atoms with E-state index in [1.807, 2.05) is 0 Å². The van der Waals surface area contributed by atoms with Crippen LogP contribution in [0.25, 0.3) is 11.2 Å². The van der Waals surface area contributed by atoms with Crippen molar-refractivity contribution in [2.75, 3.05) is 13.2 Å². The van der Waals surface area contributed by atoms with Crippen LogP contribution in [0.15, 0.2) is 12.3 Å². The molecule has 0 spiro atoms. The lowest BCUT2D eigenvalue weighted by molar-refractivity contribution is 0.0857. The summed E-state index contributed by atoms with van der Waals surface area (Å²) in [5.41, 5.74) is 1.74. The molecule has 1 saturated heterocycles. The maximum Gasteiger partial charge on any atom is 0.253 e. The maximum atomic E-state index is 11.9. The quantitative estimate of drug-likeness (QED) is 0.894. The molecule has 1 amide bonds. The normalized spacial score (nSPS) is 19.2. The molecule has 1 fully saturated rings. The lowest BCUT2D eigenvalue weighted by Crippen LogP contribution is -2.31. The van der Waals surface area contributed by atoms with Gasteiger partial charge < -0.3 is 10.1 Å². The minimum Gasteiger partial charge on any atom is -0.376 e. The smallest absolute Gasteiger partial charge is 0.253 e. The number of hydrogen-bond acceptors (Lipinski definition) is 6. The van der Waals surface area contributed by atoms with E-state index >= 15 is 0 Å². The molecule has 1 aliphatic rings. The Morgan fingerprint density at radius 3 is 3.33 bits per heavy atom. The van der Waals surface area contributed by atoms with Crippen LogP contribution in [-0.4, -0.2) is 38.9 Å². The van der Waals surface area contributed by atoms with E-state index in [4.69, 9.17) is 4.74 Å². The highest BCUT2D eigenvalue weighted by Crippen LogP contribution is 2.12. The number of pyridine rings is 1. The third-order valence-corrected chi connectivity index (χ3v) is 3.42.